The molecule has 0 radical (unpaired) electrons. The molecule has 0 saturated carbocycles. The molecule has 1 amide bonds. The molecule has 1 unspecified atom stereocenters. The largest absolute Gasteiger partial charge is 0.378 e. The van der Waals surface area contributed by atoms with Gasteiger partial charge in [-0.3, -0.25) is 4.79 Å². The first-order valence-corrected chi connectivity index (χ1v) is 6.87. The molecule has 0 aliphatic carbocycles. The van der Waals surface area contributed by atoms with E-state index in [0.29, 0.717) is 16.3 Å². The summed E-state index contributed by atoms with van der Waals surface area (Å²) in [6.45, 7) is 0. The van der Waals surface area contributed by atoms with Crippen LogP contribution in [0, 0.1) is 0 Å². The fraction of sp³-hybridized carbons (Fsp3) is 0.188. The SMILES string of the molecule is CN(C)c1ccc(NC(=O)C(O)c2ccccc2)cc1Cl. The maximum absolute atomic E-state index is 12.0. The van der Waals surface area contributed by atoms with Crippen LogP contribution in [0.5, 0.6) is 0 Å². The third-order valence-electron chi connectivity index (χ3n) is 3.06. The summed E-state index contributed by atoms with van der Waals surface area (Å²) < 4.78 is 0. The highest BCUT2D eigenvalue weighted by molar-refractivity contribution is 6.33. The van der Waals surface area contributed by atoms with E-state index >= 15 is 0 Å². The van der Waals surface area contributed by atoms with Crippen molar-refractivity contribution in [2.24, 2.45) is 0 Å². The van der Waals surface area contributed by atoms with Crippen molar-refractivity contribution in [3.8, 4) is 0 Å². The topological polar surface area (TPSA) is 52.6 Å². The number of nitrogens with one attached hydrogen (secondary N) is 1. The first-order chi connectivity index (χ1) is 9.99. The molecule has 0 bridgehead atoms. The zero-order valence-electron chi connectivity index (χ0n) is 11.9. The van der Waals surface area contributed by atoms with Crippen molar-refractivity contribution >= 4 is 28.9 Å². The number of aliphatic hydroxyl groups excluding tert-OH is 1. The Labute approximate surface area is 129 Å². The number of carbonyl (C=O) groups is 1. The maximum atomic E-state index is 12.0. The number of rotatable bonds is 4. The number of hydrogen-bond acceptors (Lipinski definition) is 3. The van der Waals surface area contributed by atoms with E-state index in [9.17, 15) is 9.90 Å². The summed E-state index contributed by atoms with van der Waals surface area (Å²) in [6, 6.07) is 14.0. The Bertz CT molecular complexity index is 629. The molecule has 0 aliphatic rings. The average molecular weight is 305 g/mol. The zero-order chi connectivity index (χ0) is 15.4. The average Bonchev–Trinajstić information content (AvgIpc) is 2.47. The van der Waals surface area contributed by atoms with Crippen LogP contribution in [0.2, 0.25) is 5.02 Å². The van der Waals surface area contributed by atoms with Crippen LogP contribution in [0.4, 0.5) is 11.4 Å². The molecule has 21 heavy (non-hydrogen) atoms. The standard InChI is InChI=1S/C16H17ClN2O2/c1-19(2)14-9-8-12(10-13(14)17)18-16(21)15(20)11-6-4-3-5-7-11/h3-10,15,20H,1-2H3,(H,18,21). The summed E-state index contributed by atoms with van der Waals surface area (Å²) in [7, 11) is 3.78. The first-order valence-electron chi connectivity index (χ1n) is 6.50. The van der Waals surface area contributed by atoms with Gasteiger partial charge in [0.15, 0.2) is 6.10 Å². The number of hydrogen-bond donors (Lipinski definition) is 2. The van der Waals surface area contributed by atoms with E-state index in [0.717, 1.165) is 5.69 Å². The molecule has 0 heterocycles. The van der Waals surface area contributed by atoms with E-state index < -0.39 is 12.0 Å². The second-order valence-corrected chi connectivity index (χ2v) is 5.27. The van der Waals surface area contributed by atoms with Gasteiger partial charge in [0.25, 0.3) is 5.91 Å². The third kappa shape index (κ3) is 3.74. The van der Waals surface area contributed by atoms with Crippen molar-refractivity contribution in [2.45, 2.75) is 6.10 Å². The summed E-state index contributed by atoms with van der Waals surface area (Å²) in [5, 5.41) is 13.2. The Morgan fingerprint density at radius 3 is 2.43 bits per heavy atom. The number of halogens is 1. The molecule has 0 saturated heterocycles. The highest BCUT2D eigenvalue weighted by Gasteiger charge is 2.17. The molecule has 0 fully saturated rings. The van der Waals surface area contributed by atoms with E-state index in [1.807, 2.05) is 31.1 Å². The number of anilines is 2. The predicted octanol–water partition coefficient (Wildman–Crippen LogP) is 3.08. The number of aliphatic hydroxyl groups is 1. The van der Waals surface area contributed by atoms with Gasteiger partial charge in [-0.05, 0) is 23.8 Å². The Balaban J connectivity index is 2.11. The zero-order valence-corrected chi connectivity index (χ0v) is 12.6. The fourth-order valence-electron chi connectivity index (χ4n) is 1.94. The van der Waals surface area contributed by atoms with Gasteiger partial charge in [-0.1, -0.05) is 41.9 Å². The van der Waals surface area contributed by atoms with Gasteiger partial charge in [-0.15, -0.1) is 0 Å². The summed E-state index contributed by atoms with van der Waals surface area (Å²) in [6.07, 6.45) is -1.21. The van der Waals surface area contributed by atoms with Crippen LogP contribution < -0.4 is 10.2 Å². The smallest absolute Gasteiger partial charge is 0.257 e. The van der Waals surface area contributed by atoms with Crippen molar-refractivity contribution in [3.63, 3.8) is 0 Å². The molecular formula is C16H17ClN2O2. The summed E-state index contributed by atoms with van der Waals surface area (Å²) in [5.74, 6) is -0.491. The molecule has 0 aliphatic heterocycles. The van der Waals surface area contributed by atoms with Crippen molar-refractivity contribution in [1.82, 2.24) is 0 Å². The molecule has 2 rings (SSSR count). The van der Waals surface area contributed by atoms with Crippen LogP contribution in [0.1, 0.15) is 11.7 Å². The number of amides is 1. The first kappa shape index (κ1) is 15.4. The van der Waals surface area contributed by atoms with Crippen LogP contribution >= 0.6 is 11.6 Å². The van der Waals surface area contributed by atoms with Crippen LogP contribution in [-0.2, 0) is 4.79 Å². The predicted molar refractivity (Wildman–Crippen MR) is 85.8 cm³/mol. The quantitative estimate of drug-likeness (QED) is 0.912. The lowest BCUT2D eigenvalue weighted by Crippen LogP contribution is -2.20. The maximum Gasteiger partial charge on any atom is 0.257 e. The van der Waals surface area contributed by atoms with E-state index in [4.69, 9.17) is 11.6 Å². The Morgan fingerprint density at radius 1 is 1.19 bits per heavy atom. The number of benzene rings is 2. The lowest BCUT2D eigenvalue weighted by molar-refractivity contribution is -0.124. The van der Waals surface area contributed by atoms with E-state index in [2.05, 4.69) is 5.32 Å². The Hall–Kier alpha value is -2.04. The van der Waals surface area contributed by atoms with Crippen LogP contribution in [0.3, 0.4) is 0 Å². The summed E-state index contributed by atoms with van der Waals surface area (Å²) in [5.41, 5.74) is 1.95. The van der Waals surface area contributed by atoms with Gasteiger partial charge in [-0.25, -0.2) is 0 Å². The van der Waals surface area contributed by atoms with Gasteiger partial charge >= 0.3 is 0 Å². The van der Waals surface area contributed by atoms with E-state index in [1.54, 1.807) is 36.4 Å². The molecule has 1 atom stereocenters. The molecule has 2 aromatic carbocycles. The number of carbonyl (C=O) groups excluding carboxylic acids is 1. The third-order valence-corrected chi connectivity index (χ3v) is 3.36. The fourth-order valence-corrected chi connectivity index (χ4v) is 2.29. The summed E-state index contributed by atoms with van der Waals surface area (Å²) in [4.78, 5) is 13.9. The highest BCUT2D eigenvalue weighted by Crippen LogP contribution is 2.27. The van der Waals surface area contributed by atoms with Crippen molar-refractivity contribution < 1.29 is 9.90 Å². The Kier molecular flexibility index (Phi) is 4.83. The molecule has 2 N–H and O–H groups in total. The molecule has 4 nitrogen and oxygen atoms in total. The van der Waals surface area contributed by atoms with Crippen LogP contribution in [0.25, 0.3) is 0 Å². The highest BCUT2D eigenvalue weighted by atomic mass is 35.5. The lowest BCUT2D eigenvalue weighted by Gasteiger charge is -2.16. The van der Waals surface area contributed by atoms with Crippen LogP contribution in [0.15, 0.2) is 48.5 Å². The van der Waals surface area contributed by atoms with E-state index in [-0.39, 0.29) is 0 Å². The van der Waals surface area contributed by atoms with E-state index in [1.165, 1.54) is 0 Å². The Morgan fingerprint density at radius 2 is 1.86 bits per heavy atom. The molecule has 0 spiro atoms. The van der Waals surface area contributed by atoms with Gasteiger partial charge in [0.1, 0.15) is 0 Å². The normalized spacial score (nSPS) is 11.8. The molecular weight excluding hydrogens is 288 g/mol. The molecule has 110 valence electrons. The second-order valence-electron chi connectivity index (χ2n) is 4.86. The molecule has 0 aromatic heterocycles. The minimum atomic E-state index is -1.21. The molecule has 2 aromatic rings. The second kappa shape index (κ2) is 6.61. The van der Waals surface area contributed by atoms with Gasteiger partial charge < -0.3 is 15.3 Å². The lowest BCUT2D eigenvalue weighted by atomic mass is 10.1. The summed E-state index contributed by atoms with van der Waals surface area (Å²) >= 11 is 6.15. The number of nitrogens with zero attached hydrogens (tertiary/aromatic N) is 1. The van der Waals surface area contributed by atoms with Crippen molar-refractivity contribution in [3.05, 3.63) is 59.1 Å². The van der Waals surface area contributed by atoms with Gasteiger partial charge in [0.2, 0.25) is 0 Å². The van der Waals surface area contributed by atoms with Crippen molar-refractivity contribution in [1.29, 1.82) is 0 Å². The van der Waals surface area contributed by atoms with Crippen molar-refractivity contribution in [2.75, 3.05) is 24.3 Å². The molecule has 5 heteroatoms. The van der Waals surface area contributed by atoms with Gasteiger partial charge in [-0.2, -0.15) is 0 Å². The van der Waals surface area contributed by atoms with Crippen LogP contribution in [-0.4, -0.2) is 25.1 Å². The minimum Gasteiger partial charge on any atom is -0.378 e. The minimum absolute atomic E-state index is 0.491. The monoisotopic (exact) mass is 304 g/mol. The van der Waals surface area contributed by atoms with Gasteiger partial charge in [0, 0.05) is 19.8 Å². The van der Waals surface area contributed by atoms with Gasteiger partial charge in [0.05, 0.1) is 10.7 Å².